The lowest BCUT2D eigenvalue weighted by Gasteiger charge is -2.29. The van der Waals surface area contributed by atoms with Crippen LogP contribution in [0.25, 0.3) is 5.76 Å². The number of carbonyl (C=O) groups excluding carboxylic acids is 2. The third kappa shape index (κ3) is 4.13. The summed E-state index contributed by atoms with van der Waals surface area (Å²) in [5, 5.41) is 10.9. The van der Waals surface area contributed by atoms with Crippen molar-refractivity contribution in [1.29, 1.82) is 0 Å². The van der Waals surface area contributed by atoms with Gasteiger partial charge in [0.1, 0.15) is 5.76 Å². The van der Waals surface area contributed by atoms with E-state index in [-0.39, 0.29) is 11.3 Å². The molecule has 1 aromatic heterocycles. The van der Waals surface area contributed by atoms with E-state index in [1.54, 1.807) is 47.6 Å². The van der Waals surface area contributed by atoms with Gasteiger partial charge in [0, 0.05) is 44.1 Å². The first-order valence-electron chi connectivity index (χ1n) is 10.2. The highest BCUT2D eigenvalue weighted by Crippen LogP contribution is 2.39. The Kier molecular flexibility index (Phi) is 6.21. The van der Waals surface area contributed by atoms with Crippen LogP contribution in [-0.4, -0.2) is 71.0 Å². The number of likely N-dealkylation sites (tertiary alicyclic amines) is 1. The number of morpholine rings is 1. The van der Waals surface area contributed by atoms with Gasteiger partial charge < -0.3 is 14.7 Å². The average Bonchev–Trinajstić information content (AvgIpc) is 3.05. The van der Waals surface area contributed by atoms with Crippen molar-refractivity contribution in [1.82, 2.24) is 14.8 Å². The molecule has 1 amide bonds. The standard InChI is InChI=1S/C23H25N3O4/c27-21(17-6-2-1-3-7-17)19-20(18-8-4-9-24-16-18)26(23(29)22(19)28)11-5-10-25-12-14-30-15-13-25/h1-4,6-9,16,20,27H,5,10-15H2. The van der Waals surface area contributed by atoms with Crippen molar-refractivity contribution in [3.05, 3.63) is 71.6 Å². The molecule has 0 bridgehead atoms. The van der Waals surface area contributed by atoms with Crippen molar-refractivity contribution in [2.24, 2.45) is 0 Å². The van der Waals surface area contributed by atoms with Gasteiger partial charge in [-0.05, 0) is 18.1 Å². The van der Waals surface area contributed by atoms with Gasteiger partial charge in [-0.15, -0.1) is 0 Å². The number of benzene rings is 1. The molecule has 2 aliphatic rings. The summed E-state index contributed by atoms with van der Waals surface area (Å²) in [6, 6.07) is 11.8. The van der Waals surface area contributed by atoms with Crippen molar-refractivity contribution in [3.63, 3.8) is 0 Å². The topological polar surface area (TPSA) is 83.0 Å². The van der Waals surface area contributed by atoms with Crippen molar-refractivity contribution in [2.45, 2.75) is 12.5 Å². The molecule has 2 saturated heterocycles. The minimum atomic E-state index is -0.656. The summed E-state index contributed by atoms with van der Waals surface area (Å²) in [4.78, 5) is 33.8. The second-order valence-corrected chi connectivity index (χ2v) is 7.45. The van der Waals surface area contributed by atoms with Crippen LogP contribution >= 0.6 is 0 Å². The van der Waals surface area contributed by atoms with Crippen molar-refractivity contribution in [3.8, 4) is 0 Å². The fourth-order valence-corrected chi connectivity index (χ4v) is 4.04. The van der Waals surface area contributed by atoms with Crippen LogP contribution in [0, 0.1) is 0 Å². The number of amides is 1. The van der Waals surface area contributed by atoms with Gasteiger partial charge in [0.2, 0.25) is 0 Å². The largest absolute Gasteiger partial charge is 0.507 e. The predicted molar refractivity (Wildman–Crippen MR) is 112 cm³/mol. The van der Waals surface area contributed by atoms with Gasteiger partial charge in [0.15, 0.2) is 0 Å². The van der Waals surface area contributed by atoms with Crippen LogP contribution in [0.2, 0.25) is 0 Å². The third-order valence-corrected chi connectivity index (χ3v) is 5.56. The number of carbonyl (C=O) groups is 2. The van der Waals surface area contributed by atoms with E-state index in [2.05, 4.69) is 9.88 Å². The Balaban J connectivity index is 1.63. The van der Waals surface area contributed by atoms with E-state index >= 15 is 0 Å². The maximum Gasteiger partial charge on any atom is 0.295 e. The summed E-state index contributed by atoms with van der Waals surface area (Å²) in [5.41, 5.74) is 1.34. The van der Waals surface area contributed by atoms with Gasteiger partial charge in [0.25, 0.3) is 11.7 Å². The second kappa shape index (κ2) is 9.19. The first-order valence-corrected chi connectivity index (χ1v) is 10.2. The second-order valence-electron chi connectivity index (χ2n) is 7.45. The van der Waals surface area contributed by atoms with E-state index in [1.165, 1.54) is 0 Å². The van der Waals surface area contributed by atoms with E-state index in [9.17, 15) is 14.7 Å². The maximum atomic E-state index is 12.9. The van der Waals surface area contributed by atoms with E-state index in [4.69, 9.17) is 4.74 Å². The first-order chi connectivity index (χ1) is 14.7. The molecule has 3 heterocycles. The highest BCUT2D eigenvalue weighted by atomic mass is 16.5. The molecule has 0 radical (unpaired) electrons. The number of rotatable bonds is 6. The maximum absolute atomic E-state index is 12.9. The van der Waals surface area contributed by atoms with Crippen molar-refractivity contribution >= 4 is 17.4 Å². The monoisotopic (exact) mass is 407 g/mol. The summed E-state index contributed by atoms with van der Waals surface area (Å²) in [7, 11) is 0. The molecule has 30 heavy (non-hydrogen) atoms. The Bertz CT molecular complexity index is 924. The lowest BCUT2D eigenvalue weighted by molar-refractivity contribution is -0.140. The summed E-state index contributed by atoms with van der Waals surface area (Å²) >= 11 is 0. The highest BCUT2D eigenvalue weighted by molar-refractivity contribution is 6.46. The lowest BCUT2D eigenvalue weighted by Crippen LogP contribution is -2.39. The van der Waals surface area contributed by atoms with Crippen LogP contribution in [0.3, 0.4) is 0 Å². The van der Waals surface area contributed by atoms with Crippen LogP contribution in [0.4, 0.5) is 0 Å². The van der Waals surface area contributed by atoms with E-state index in [0.29, 0.717) is 17.7 Å². The zero-order chi connectivity index (χ0) is 20.9. The van der Waals surface area contributed by atoms with Gasteiger partial charge in [-0.1, -0.05) is 36.4 Å². The highest BCUT2D eigenvalue weighted by Gasteiger charge is 2.45. The number of aliphatic hydroxyl groups excluding tert-OH is 1. The lowest BCUT2D eigenvalue weighted by atomic mass is 9.96. The third-order valence-electron chi connectivity index (χ3n) is 5.56. The molecule has 1 aromatic carbocycles. The van der Waals surface area contributed by atoms with Crippen molar-refractivity contribution in [2.75, 3.05) is 39.4 Å². The van der Waals surface area contributed by atoms with Gasteiger partial charge in [-0.25, -0.2) is 0 Å². The molecule has 7 heteroatoms. The minimum absolute atomic E-state index is 0.116. The quantitative estimate of drug-likeness (QED) is 0.449. The summed E-state index contributed by atoms with van der Waals surface area (Å²) in [5.74, 6) is -1.39. The minimum Gasteiger partial charge on any atom is -0.507 e. The van der Waals surface area contributed by atoms with Gasteiger partial charge in [-0.3, -0.25) is 19.5 Å². The molecule has 0 aliphatic carbocycles. The Hall–Kier alpha value is -3.03. The molecule has 2 aromatic rings. The fourth-order valence-electron chi connectivity index (χ4n) is 4.04. The van der Waals surface area contributed by atoms with E-state index < -0.39 is 17.7 Å². The van der Waals surface area contributed by atoms with Crippen molar-refractivity contribution < 1.29 is 19.4 Å². The van der Waals surface area contributed by atoms with Crippen LogP contribution < -0.4 is 0 Å². The summed E-state index contributed by atoms with van der Waals surface area (Å²) in [6.07, 6.45) is 4.02. The number of hydrogen-bond acceptors (Lipinski definition) is 6. The summed E-state index contributed by atoms with van der Waals surface area (Å²) < 4.78 is 5.38. The number of Topliss-reactive ketones (excluding diaryl/α,β-unsaturated/α-hetero) is 1. The number of hydrogen-bond donors (Lipinski definition) is 1. The molecule has 2 fully saturated rings. The zero-order valence-corrected chi connectivity index (χ0v) is 16.7. The Morgan fingerprint density at radius 3 is 2.53 bits per heavy atom. The van der Waals surface area contributed by atoms with Crippen LogP contribution in [-0.2, 0) is 14.3 Å². The number of aliphatic hydroxyl groups is 1. The van der Waals surface area contributed by atoms with Gasteiger partial charge >= 0.3 is 0 Å². The average molecular weight is 407 g/mol. The van der Waals surface area contributed by atoms with E-state index in [0.717, 1.165) is 39.3 Å². The SMILES string of the molecule is O=C1C(=O)N(CCCN2CCOCC2)C(c2cccnc2)C1=C(O)c1ccccc1. The number of ether oxygens (including phenoxy) is 1. The Labute approximate surface area is 175 Å². The van der Waals surface area contributed by atoms with Crippen LogP contribution in [0.15, 0.2) is 60.4 Å². The number of pyridine rings is 1. The zero-order valence-electron chi connectivity index (χ0n) is 16.7. The molecule has 1 N–H and O–H groups in total. The molecule has 0 saturated carbocycles. The molecule has 4 rings (SSSR count). The molecular weight excluding hydrogens is 382 g/mol. The number of ketones is 1. The van der Waals surface area contributed by atoms with Gasteiger partial charge in [-0.2, -0.15) is 0 Å². The molecule has 156 valence electrons. The molecule has 7 nitrogen and oxygen atoms in total. The predicted octanol–water partition coefficient (Wildman–Crippen LogP) is 2.23. The Morgan fingerprint density at radius 2 is 1.83 bits per heavy atom. The molecule has 2 aliphatic heterocycles. The molecule has 1 atom stereocenters. The number of aromatic nitrogens is 1. The summed E-state index contributed by atoms with van der Waals surface area (Å²) in [6.45, 7) is 4.43. The molecule has 1 unspecified atom stereocenters. The molecular formula is C23H25N3O4. The van der Waals surface area contributed by atoms with Crippen LogP contribution in [0.1, 0.15) is 23.6 Å². The fraction of sp³-hybridized carbons (Fsp3) is 0.348. The smallest absolute Gasteiger partial charge is 0.295 e. The van der Waals surface area contributed by atoms with Gasteiger partial charge in [0.05, 0.1) is 24.8 Å². The first kappa shape index (κ1) is 20.3. The normalized spacial score (nSPS) is 21.9. The van der Waals surface area contributed by atoms with E-state index in [1.807, 2.05) is 12.1 Å². The molecule has 0 spiro atoms. The number of nitrogens with zero attached hydrogens (tertiary/aromatic N) is 3. The van der Waals surface area contributed by atoms with Crippen LogP contribution in [0.5, 0.6) is 0 Å². The Morgan fingerprint density at radius 1 is 1.07 bits per heavy atom.